The second kappa shape index (κ2) is 9.49. The summed E-state index contributed by atoms with van der Waals surface area (Å²) < 4.78 is 5.81. The largest absolute Gasteiger partial charge is 0.489 e. The van der Waals surface area contributed by atoms with Crippen molar-refractivity contribution in [3.8, 4) is 23.2 Å². The third kappa shape index (κ3) is 5.39. The number of nitrogens with zero attached hydrogens (tertiary/aromatic N) is 3. The van der Waals surface area contributed by atoms with Gasteiger partial charge in [0, 0.05) is 18.0 Å². The lowest BCUT2D eigenvalue weighted by atomic mass is 10.1. The predicted octanol–water partition coefficient (Wildman–Crippen LogP) is 5.33. The van der Waals surface area contributed by atoms with Gasteiger partial charge in [0.15, 0.2) is 5.82 Å². The average Bonchev–Trinajstić information content (AvgIpc) is 2.74. The van der Waals surface area contributed by atoms with Gasteiger partial charge in [-0.15, -0.1) is 0 Å². The van der Waals surface area contributed by atoms with Gasteiger partial charge in [-0.05, 0) is 60.4 Å². The number of hydrogen-bond acceptors (Lipinski definition) is 4. The first kappa shape index (κ1) is 18.6. The molecule has 0 N–H and O–H groups in total. The Hall–Kier alpha value is -3.19. The fourth-order valence-electron chi connectivity index (χ4n) is 2.75. The molecule has 0 aliphatic heterocycles. The molecule has 27 heavy (non-hydrogen) atoms. The molecule has 0 amide bonds. The van der Waals surface area contributed by atoms with Gasteiger partial charge in [-0.25, -0.2) is 9.97 Å². The minimum Gasteiger partial charge on any atom is -0.489 e. The number of unbranched alkanes of at least 4 members (excludes halogenated alkanes) is 2. The van der Waals surface area contributed by atoms with Crippen molar-refractivity contribution in [1.29, 1.82) is 5.26 Å². The summed E-state index contributed by atoms with van der Waals surface area (Å²) in [5.74, 6) is 1.52. The molecule has 136 valence electrons. The Labute approximate surface area is 160 Å². The molecule has 1 aromatic heterocycles. The van der Waals surface area contributed by atoms with Crippen molar-refractivity contribution in [2.45, 2.75) is 39.2 Å². The van der Waals surface area contributed by atoms with Gasteiger partial charge in [0.05, 0.1) is 11.6 Å². The highest BCUT2D eigenvalue weighted by molar-refractivity contribution is 5.55. The average molecular weight is 357 g/mol. The third-order valence-electron chi connectivity index (χ3n) is 4.38. The summed E-state index contributed by atoms with van der Waals surface area (Å²) in [5, 5.41) is 8.83. The molecule has 3 aromatic rings. The predicted molar refractivity (Wildman–Crippen MR) is 106 cm³/mol. The van der Waals surface area contributed by atoms with Crippen molar-refractivity contribution < 1.29 is 4.74 Å². The van der Waals surface area contributed by atoms with Crippen LogP contribution in [0.1, 0.15) is 42.9 Å². The first-order valence-electron chi connectivity index (χ1n) is 9.31. The molecule has 0 bridgehead atoms. The molecular formula is C23H23N3O. The van der Waals surface area contributed by atoms with Crippen molar-refractivity contribution in [1.82, 2.24) is 9.97 Å². The van der Waals surface area contributed by atoms with Crippen LogP contribution in [0.2, 0.25) is 0 Å². The molecule has 0 fully saturated rings. The smallest absolute Gasteiger partial charge is 0.159 e. The fraction of sp³-hybridized carbons (Fsp3) is 0.261. The van der Waals surface area contributed by atoms with Crippen LogP contribution in [-0.2, 0) is 13.0 Å². The Bertz CT molecular complexity index is 879. The minimum absolute atomic E-state index is 0.466. The number of aryl methyl sites for hydroxylation is 1. The van der Waals surface area contributed by atoms with Crippen LogP contribution in [0.15, 0.2) is 60.9 Å². The van der Waals surface area contributed by atoms with E-state index in [2.05, 4.69) is 23.0 Å². The lowest BCUT2D eigenvalue weighted by Gasteiger charge is -2.07. The van der Waals surface area contributed by atoms with E-state index in [9.17, 15) is 0 Å². The molecule has 0 radical (unpaired) electrons. The summed E-state index contributed by atoms with van der Waals surface area (Å²) in [6.45, 7) is 2.67. The lowest BCUT2D eigenvalue weighted by molar-refractivity contribution is 0.306. The van der Waals surface area contributed by atoms with Gasteiger partial charge in [-0.3, -0.25) is 0 Å². The summed E-state index contributed by atoms with van der Waals surface area (Å²) in [4.78, 5) is 8.98. The van der Waals surface area contributed by atoms with Gasteiger partial charge in [0.25, 0.3) is 0 Å². The molecule has 0 saturated carbocycles. The van der Waals surface area contributed by atoms with E-state index in [0.717, 1.165) is 29.1 Å². The van der Waals surface area contributed by atoms with Crippen LogP contribution in [0.25, 0.3) is 11.4 Å². The zero-order valence-electron chi connectivity index (χ0n) is 15.6. The van der Waals surface area contributed by atoms with Crippen LogP contribution in [0, 0.1) is 11.3 Å². The molecule has 2 aromatic carbocycles. The molecule has 0 unspecified atom stereocenters. The minimum atomic E-state index is 0.466. The molecule has 4 nitrogen and oxygen atoms in total. The number of nitriles is 1. The Morgan fingerprint density at radius 2 is 1.59 bits per heavy atom. The van der Waals surface area contributed by atoms with Crippen molar-refractivity contribution in [2.24, 2.45) is 0 Å². The Kier molecular flexibility index (Phi) is 6.54. The van der Waals surface area contributed by atoms with Gasteiger partial charge in [-0.2, -0.15) is 5.26 Å². The summed E-state index contributed by atoms with van der Waals surface area (Å²) >= 11 is 0. The SMILES string of the molecule is CCCCCc1cnc(-c2ccc(OCc3ccc(C#N)cc3)cc2)nc1. The van der Waals surface area contributed by atoms with Gasteiger partial charge in [0.2, 0.25) is 0 Å². The normalized spacial score (nSPS) is 10.4. The monoisotopic (exact) mass is 357 g/mol. The number of aromatic nitrogens is 2. The van der Waals surface area contributed by atoms with Gasteiger partial charge >= 0.3 is 0 Å². The molecule has 0 saturated heterocycles. The highest BCUT2D eigenvalue weighted by atomic mass is 16.5. The number of ether oxygens (including phenoxy) is 1. The zero-order chi connectivity index (χ0) is 18.9. The second-order valence-electron chi connectivity index (χ2n) is 6.49. The zero-order valence-corrected chi connectivity index (χ0v) is 15.6. The van der Waals surface area contributed by atoms with E-state index in [1.54, 1.807) is 12.1 Å². The molecule has 0 aliphatic rings. The summed E-state index contributed by atoms with van der Waals surface area (Å²) in [5.41, 5.74) is 3.84. The van der Waals surface area contributed by atoms with Crippen LogP contribution < -0.4 is 4.74 Å². The first-order chi connectivity index (χ1) is 13.3. The van der Waals surface area contributed by atoms with Crippen LogP contribution in [0.4, 0.5) is 0 Å². The second-order valence-corrected chi connectivity index (χ2v) is 6.49. The maximum Gasteiger partial charge on any atom is 0.159 e. The van der Waals surface area contributed by atoms with E-state index >= 15 is 0 Å². The summed E-state index contributed by atoms with van der Waals surface area (Å²) in [6.07, 6.45) is 8.53. The highest BCUT2D eigenvalue weighted by Gasteiger charge is 2.03. The number of benzene rings is 2. The topological polar surface area (TPSA) is 58.8 Å². The number of hydrogen-bond donors (Lipinski definition) is 0. The molecule has 0 spiro atoms. The van der Waals surface area contributed by atoms with E-state index in [0.29, 0.717) is 12.2 Å². The fourth-order valence-corrected chi connectivity index (χ4v) is 2.75. The summed E-state index contributed by atoms with van der Waals surface area (Å²) in [7, 11) is 0. The van der Waals surface area contributed by atoms with E-state index in [-0.39, 0.29) is 0 Å². The Balaban J connectivity index is 1.57. The van der Waals surface area contributed by atoms with Crippen LogP contribution in [-0.4, -0.2) is 9.97 Å². The van der Waals surface area contributed by atoms with Crippen LogP contribution in [0.3, 0.4) is 0 Å². The van der Waals surface area contributed by atoms with Crippen LogP contribution >= 0.6 is 0 Å². The summed E-state index contributed by atoms with van der Waals surface area (Å²) in [6, 6.07) is 17.3. The van der Waals surface area contributed by atoms with E-state index in [1.165, 1.54) is 24.8 Å². The van der Waals surface area contributed by atoms with Gasteiger partial charge in [-0.1, -0.05) is 31.9 Å². The third-order valence-corrected chi connectivity index (χ3v) is 4.38. The van der Waals surface area contributed by atoms with Crippen molar-refractivity contribution in [2.75, 3.05) is 0 Å². The van der Waals surface area contributed by atoms with E-state index < -0.39 is 0 Å². The standard InChI is InChI=1S/C23H23N3O/c1-2-3-4-5-20-15-25-23(26-16-20)21-10-12-22(13-11-21)27-17-19-8-6-18(14-24)7-9-19/h6-13,15-16H,2-5,17H2,1H3. The van der Waals surface area contributed by atoms with Gasteiger partial charge in [0.1, 0.15) is 12.4 Å². The first-order valence-corrected chi connectivity index (χ1v) is 9.31. The molecule has 4 heteroatoms. The van der Waals surface area contributed by atoms with E-state index in [1.807, 2.05) is 48.8 Å². The molecular weight excluding hydrogens is 334 g/mol. The van der Waals surface area contributed by atoms with Crippen LogP contribution in [0.5, 0.6) is 5.75 Å². The number of rotatable bonds is 8. The van der Waals surface area contributed by atoms with Crippen molar-refractivity contribution in [3.63, 3.8) is 0 Å². The van der Waals surface area contributed by atoms with Gasteiger partial charge < -0.3 is 4.74 Å². The molecule has 0 aliphatic carbocycles. The molecule has 0 atom stereocenters. The maximum absolute atomic E-state index is 8.83. The maximum atomic E-state index is 8.83. The van der Waals surface area contributed by atoms with E-state index in [4.69, 9.17) is 10.00 Å². The molecule has 3 rings (SSSR count). The lowest BCUT2D eigenvalue weighted by Crippen LogP contribution is -1.96. The Morgan fingerprint density at radius 1 is 0.889 bits per heavy atom. The van der Waals surface area contributed by atoms with Crippen molar-refractivity contribution >= 4 is 0 Å². The highest BCUT2D eigenvalue weighted by Crippen LogP contribution is 2.20. The molecule has 1 heterocycles. The Morgan fingerprint density at radius 3 is 2.22 bits per heavy atom. The quantitative estimate of drug-likeness (QED) is 0.511. The van der Waals surface area contributed by atoms with Crippen molar-refractivity contribution in [3.05, 3.63) is 77.6 Å².